The molecular formula is C45H54O11. The van der Waals surface area contributed by atoms with Gasteiger partial charge in [-0.2, -0.15) is 0 Å². The maximum atomic E-state index is 11.6. The molecule has 2 heterocycles. The summed E-state index contributed by atoms with van der Waals surface area (Å²) in [6.07, 6.45) is -7.36. The fourth-order valence-electron chi connectivity index (χ4n) is 6.81. The van der Waals surface area contributed by atoms with Crippen LogP contribution in [0, 0.1) is 0 Å². The van der Waals surface area contributed by atoms with Crippen LogP contribution in [-0.4, -0.2) is 96.6 Å². The van der Waals surface area contributed by atoms with Gasteiger partial charge in [-0.05, 0) is 35.1 Å². The van der Waals surface area contributed by atoms with E-state index in [1.165, 1.54) is 0 Å². The van der Waals surface area contributed by atoms with Crippen LogP contribution >= 0.6 is 0 Å². The zero-order chi connectivity index (χ0) is 39.0. The normalized spacial score (nSPS) is 26.9. The van der Waals surface area contributed by atoms with Gasteiger partial charge in [0.15, 0.2) is 12.6 Å². The molecule has 56 heavy (non-hydrogen) atoms. The van der Waals surface area contributed by atoms with Gasteiger partial charge in [0.05, 0.1) is 46.2 Å². The van der Waals surface area contributed by atoms with Crippen molar-refractivity contribution in [2.24, 2.45) is 0 Å². The molecule has 11 nitrogen and oxygen atoms in total. The Kier molecular flexibility index (Phi) is 16.6. The van der Waals surface area contributed by atoms with Crippen LogP contribution in [-0.2, 0) is 64.3 Å². The molecule has 11 heteroatoms. The lowest BCUT2D eigenvalue weighted by Crippen LogP contribution is -2.63. The summed E-state index contributed by atoms with van der Waals surface area (Å²) in [5, 5.41) is 32.5. The Morgan fingerprint density at radius 2 is 1.11 bits per heavy atom. The first-order valence-electron chi connectivity index (χ1n) is 19.3. The molecule has 0 radical (unpaired) electrons. The van der Waals surface area contributed by atoms with E-state index in [9.17, 15) is 15.3 Å². The third-order valence-electron chi connectivity index (χ3n) is 9.76. The van der Waals surface area contributed by atoms with Crippen LogP contribution in [0.1, 0.15) is 35.1 Å². The van der Waals surface area contributed by atoms with E-state index in [0.29, 0.717) is 19.4 Å². The van der Waals surface area contributed by atoms with Crippen LogP contribution in [0.25, 0.3) is 0 Å². The predicted molar refractivity (Wildman–Crippen MR) is 208 cm³/mol. The van der Waals surface area contributed by atoms with Gasteiger partial charge < -0.3 is 53.2 Å². The lowest BCUT2D eigenvalue weighted by atomic mass is 9.97. The molecule has 2 aliphatic heterocycles. The Morgan fingerprint density at radius 1 is 0.607 bits per heavy atom. The Morgan fingerprint density at radius 3 is 1.62 bits per heavy atom. The molecule has 0 amide bonds. The molecule has 3 N–H and O–H groups in total. The van der Waals surface area contributed by atoms with Crippen LogP contribution in [0.5, 0.6) is 0 Å². The highest BCUT2D eigenvalue weighted by Gasteiger charge is 2.54. The van der Waals surface area contributed by atoms with Crippen LogP contribution in [0.2, 0.25) is 0 Å². The highest BCUT2D eigenvalue weighted by Crippen LogP contribution is 2.36. The fourth-order valence-corrected chi connectivity index (χ4v) is 6.81. The number of hydrogen-bond acceptors (Lipinski definition) is 11. The number of allylic oxidation sites excluding steroid dienone is 1. The Labute approximate surface area is 329 Å². The molecule has 0 spiro atoms. The minimum atomic E-state index is -1.39. The maximum absolute atomic E-state index is 11.6. The molecule has 10 atom stereocenters. The summed E-state index contributed by atoms with van der Waals surface area (Å²) < 4.78 is 51.8. The highest BCUT2D eigenvalue weighted by molar-refractivity contribution is 5.16. The van der Waals surface area contributed by atoms with Gasteiger partial charge >= 0.3 is 0 Å². The van der Waals surface area contributed by atoms with Crippen LogP contribution in [0.3, 0.4) is 0 Å². The van der Waals surface area contributed by atoms with Gasteiger partial charge in [0, 0.05) is 0 Å². The van der Waals surface area contributed by atoms with Gasteiger partial charge in [-0.15, -0.1) is 6.58 Å². The molecule has 2 fully saturated rings. The van der Waals surface area contributed by atoms with E-state index in [2.05, 4.69) is 6.58 Å². The minimum Gasteiger partial charge on any atom is -0.394 e. The number of hydrogen-bond donors (Lipinski definition) is 3. The highest BCUT2D eigenvalue weighted by atomic mass is 16.8. The zero-order valence-corrected chi connectivity index (χ0v) is 31.6. The maximum Gasteiger partial charge on any atom is 0.187 e. The predicted octanol–water partition coefficient (Wildman–Crippen LogP) is 5.49. The van der Waals surface area contributed by atoms with E-state index in [-0.39, 0.29) is 33.0 Å². The molecule has 2 aliphatic rings. The summed E-state index contributed by atoms with van der Waals surface area (Å²) in [6, 6.07) is 39.2. The van der Waals surface area contributed by atoms with Crippen LogP contribution in [0.4, 0.5) is 0 Å². The molecule has 0 bridgehead atoms. The largest absolute Gasteiger partial charge is 0.394 e. The van der Waals surface area contributed by atoms with E-state index in [0.717, 1.165) is 22.3 Å². The van der Waals surface area contributed by atoms with Gasteiger partial charge in [0.2, 0.25) is 0 Å². The van der Waals surface area contributed by atoms with Crippen molar-refractivity contribution in [3.05, 3.63) is 156 Å². The number of aliphatic hydroxyl groups is 3. The van der Waals surface area contributed by atoms with Gasteiger partial charge in [-0.25, -0.2) is 0 Å². The molecule has 0 aromatic heterocycles. The Hall–Kier alpha value is -3.82. The lowest BCUT2D eigenvalue weighted by Gasteiger charge is -2.46. The van der Waals surface area contributed by atoms with Crippen molar-refractivity contribution in [2.45, 2.75) is 101 Å². The summed E-state index contributed by atoms with van der Waals surface area (Å²) in [5.41, 5.74) is 3.81. The standard InChI is InChI=1S/C45H54O11/c1-2-3-16-25-50-44-38(48)41(39(55-44)36(47)26-46)56-45-43(53-30-35-23-14-7-15-24-35)42(52-29-34-21-12-6-13-22-34)40(51-28-33-19-10-5-11-20-33)37(54-45)31-49-27-32-17-8-4-9-18-32/h2,4-15,17-24,36-48H,1,3,16,25-31H2/t36-,37-,38-,39+,40+,41-,42+,43-,44-,45-/m1/s1. The van der Waals surface area contributed by atoms with Gasteiger partial charge in [-0.1, -0.05) is 127 Å². The topological polar surface area (TPSA) is 135 Å². The second kappa shape index (κ2) is 22.2. The van der Waals surface area contributed by atoms with E-state index in [1.54, 1.807) is 6.08 Å². The number of rotatable bonds is 22. The summed E-state index contributed by atoms with van der Waals surface area (Å²) in [6.45, 7) is 4.50. The number of unbranched alkanes of at least 4 members (excludes halogenated alkanes) is 1. The summed E-state index contributed by atoms with van der Waals surface area (Å²) >= 11 is 0. The monoisotopic (exact) mass is 770 g/mol. The van der Waals surface area contributed by atoms with Crippen molar-refractivity contribution in [3.8, 4) is 0 Å². The van der Waals surface area contributed by atoms with E-state index >= 15 is 0 Å². The zero-order valence-electron chi connectivity index (χ0n) is 31.6. The van der Waals surface area contributed by atoms with Crippen LogP contribution < -0.4 is 0 Å². The molecule has 4 aromatic rings. The first-order valence-corrected chi connectivity index (χ1v) is 19.3. The van der Waals surface area contributed by atoms with Gasteiger partial charge in [-0.3, -0.25) is 0 Å². The van der Waals surface area contributed by atoms with Crippen molar-refractivity contribution in [1.82, 2.24) is 0 Å². The molecule has 6 rings (SSSR count). The number of ether oxygens (including phenoxy) is 8. The van der Waals surface area contributed by atoms with Crippen molar-refractivity contribution in [3.63, 3.8) is 0 Å². The van der Waals surface area contributed by atoms with Crippen molar-refractivity contribution >= 4 is 0 Å². The van der Waals surface area contributed by atoms with Crippen LogP contribution in [0.15, 0.2) is 134 Å². The first kappa shape index (κ1) is 41.8. The van der Waals surface area contributed by atoms with E-state index in [4.69, 9.17) is 37.9 Å². The number of aliphatic hydroxyl groups excluding tert-OH is 3. The molecule has 300 valence electrons. The second-order valence-electron chi connectivity index (χ2n) is 13.9. The Bertz CT molecular complexity index is 1670. The fraction of sp³-hybridized carbons (Fsp3) is 0.422. The average molecular weight is 771 g/mol. The van der Waals surface area contributed by atoms with E-state index in [1.807, 2.05) is 121 Å². The lowest BCUT2D eigenvalue weighted by molar-refractivity contribution is -0.342. The summed E-state index contributed by atoms with van der Waals surface area (Å²) in [4.78, 5) is 0. The van der Waals surface area contributed by atoms with Crippen molar-refractivity contribution < 1.29 is 53.2 Å². The third kappa shape index (κ3) is 11.9. The molecule has 2 saturated heterocycles. The second-order valence-corrected chi connectivity index (χ2v) is 13.9. The van der Waals surface area contributed by atoms with Crippen molar-refractivity contribution in [1.29, 1.82) is 0 Å². The third-order valence-corrected chi connectivity index (χ3v) is 9.76. The molecule has 0 aliphatic carbocycles. The van der Waals surface area contributed by atoms with Gasteiger partial charge in [0.1, 0.15) is 48.8 Å². The molecular weight excluding hydrogens is 716 g/mol. The quantitative estimate of drug-likeness (QED) is 0.0692. The summed E-state index contributed by atoms with van der Waals surface area (Å²) in [7, 11) is 0. The SMILES string of the molecule is C=CCCCO[C@@H]1O[C@@H]([C@H](O)CO)[C@H](O[C@H]2O[C@H](COCc3ccccc3)[C@H](OCc3ccccc3)[C@H](OCc3ccccc3)[C@H]2OCc2ccccc2)[C@H]1O. The summed E-state index contributed by atoms with van der Waals surface area (Å²) in [5.74, 6) is 0. The molecule has 0 unspecified atom stereocenters. The first-order chi connectivity index (χ1) is 27.5. The molecule has 0 saturated carbocycles. The van der Waals surface area contributed by atoms with Crippen molar-refractivity contribution in [2.75, 3.05) is 19.8 Å². The average Bonchev–Trinajstić information content (AvgIpc) is 3.55. The van der Waals surface area contributed by atoms with E-state index < -0.39 is 68.0 Å². The smallest absolute Gasteiger partial charge is 0.187 e. The number of benzene rings is 4. The Balaban J connectivity index is 1.33. The minimum absolute atomic E-state index is 0.103. The van der Waals surface area contributed by atoms with Gasteiger partial charge in [0.25, 0.3) is 0 Å². The molecule has 4 aromatic carbocycles.